The molecule has 2 heterocycles. The molecule has 1 aromatic carbocycles. The number of likely N-dealkylation sites (tertiary alicyclic amines) is 1. The number of halogens is 3. The number of alkyl halides is 3. The Morgan fingerprint density at radius 1 is 1.29 bits per heavy atom. The number of oxazole rings is 1. The maximum atomic E-state index is 12.7. The topological polar surface area (TPSA) is 66.6 Å². The third-order valence-electron chi connectivity index (χ3n) is 4.11. The first kappa shape index (κ1) is 16.5. The van der Waals surface area contributed by atoms with Crippen LogP contribution in [0.5, 0.6) is 0 Å². The van der Waals surface area contributed by atoms with Crippen molar-refractivity contribution in [2.24, 2.45) is 0 Å². The van der Waals surface area contributed by atoms with E-state index in [-0.39, 0.29) is 19.0 Å². The lowest BCUT2D eigenvalue weighted by atomic mass is 9.91. The third-order valence-corrected chi connectivity index (χ3v) is 4.11. The molecule has 8 heteroatoms. The normalized spacial score (nSPS) is 18.4. The van der Waals surface area contributed by atoms with Crippen LogP contribution in [0.15, 0.2) is 34.8 Å². The minimum Gasteiger partial charge on any atom is -0.437 e. The molecule has 0 radical (unpaired) electrons. The lowest BCUT2D eigenvalue weighted by Crippen LogP contribution is -2.54. The van der Waals surface area contributed by atoms with Crippen LogP contribution in [0.2, 0.25) is 0 Å². The molecule has 3 rings (SSSR count). The lowest BCUT2D eigenvalue weighted by Gasteiger charge is -2.38. The van der Waals surface area contributed by atoms with Crippen LogP contribution in [-0.2, 0) is 4.79 Å². The number of amides is 1. The van der Waals surface area contributed by atoms with Crippen LogP contribution in [0.1, 0.15) is 18.7 Å². The van der Waals surface area contributed by atoms with Gasteiger partial charge in [0.2, 0.25) is 11.8 Å². The molecule has 1 fully saturated rings. The third kappa shape index (κ3) is 3.14. The molecule has 24 heavy (non-hydrogen) atoms. The molecule has 0 spiro atoms. The Hall–Kier alpha value is -2.35. The second kappa shape index (κ2) is 5.94. The Balaban J connectivity index is 1.63. The number of aromatic nitrogens is 1. The maximum Gasteiger partial charge on any atom is 0.417 e. The van der Waals surface area contributed by atoms with Gasteiger partial charge in [-0.1, -0.05) is 12.1 Å². The van der Waals surface area contributed by atoms with Crippen molar-refractivity contribution in [3.05, 3.63) is 36.2 Å². The zero-order valence-corrected chi connectivity index (χ0v) is 12.6. The Morgan fingerprint density at radius 3 is 2.58 bits per heavy atom. The van der Waals surface area contributed by atoms with Crippen LogP contribution >= 0.6 is 0 Å². The Morgan fingerprint density at radius 2 is 1.96 bits per heavy atom. The molecular weight excluding hydrogens is 325 g/mol. The van der Waals surface area contributed by atoms with Gasteiger partial charge in [-0.15, -0.1) is 0 Å². The molecule has 1 aliphatic rings. The fourth-order valence-electron chi connectivity index (χ4n) is 2.59. The standard InChI is InChI=1S/C16H15F3N2O3/c17-16(18,19)15(23)7-9-21(10-8-15)14(22)6-5-13-20-11-3-1-2-4-12(11)24-13/h1-6,23H,7-10H2/b6-5+. The number of nitrogens with zero attached hydrogens (tertiary/aromatic N) is 2. The van der Waals surface area contributed by atoms with E-state index >= 15 is 0 Å². The minimum atomic E-state index is -4.68. The molecule has 1 aliphatic heterocycles. The number of rotatable bonds is 2. The van der Waals surface area contributed by atoms with Gasteiger partial charge >= 0.3 is 6.18 Å². The van der Waals surface area contributed by atoms with Crippen molar-refractivity contribution in [2.45, 2.75) is 24.6 Å². The van der Waals surface area contributed by atoms with E-state index in [9.17, 15) is 23.1 Å². The van der Waals surface area contributed by atoms with Crippen molar-refractivity contribution in [2.75, 3.05) is 13.1 Å². The number of fused-ring (bicyclic) bond motifs is 1. The fraction of sp³-hybridized carbons (Fsp3) is 0.375. The summed E-state index contributed by atoms with van der Waals surface area (Å²) in [5, 5.41) is 9.59. The van der Waals surface area contributed by atoms with E-state index in [2.05, 4.69) is 4.98 Å². The Bertz CT molecular complexity index is 741. The second-order valence-electron chi connectivity index (χ2n) is 5.71. The molecule has 0 unspecified atom stereocenters. The van der Waals surface area contributed by atoms with E-state index in [1.54, 1.807) is 24.3 Å². The smallest absolute Gasteiger partial charge is 0.417 e. The van der Waals surface area contributed by atoms with Crippen LogP contribution < -0.4 is 0 Å². The first-order valence-electron chi connectivity index (χ1n) is 7.40. The van der Waals surface area contributed by atoms with E-state index in [0.717, 1.165) is 0 Å². The number of hydrogen-bond donors (Lipinski definition) is 1. The monoisotopic (exact) mass is 340 g/mol. The predicted molar refractivity (Wildman–Crippen MR) is 79.9 cm³/mol. The largest absolute Gasteiger partial charge is 0.437 e. The maximum absolute atomic E-state index is 12.7. The highest BCUT2D eigenvalue weighted by atomic mass is 19.4. The van der Waals surface area contributed by atoms with Crippen molar-refractivity contribution in [1.29, 1.82) is 0 Å². The van der Waals surface area contributed by atoms with Gasteiger partial charge in [0.25, 0.3) is 0 Å². The van der Waals surface area contributed by atoms with Crippen molar-refractivity contribution in [3.8, 4) is 0 Å². The first-order valence-corrected chi connectivity index (χ1v) is 7.40. The molecule has 0 atom stereocenters. The van der Waals surface area contributed by atoms with E-state index < -0.39 is 30.5 Å². The minimum absolute atomic E-state index is 0.160. The number of piperidine rings is 1. The highest BCUT2D eigenvalue weighted by Gasteiger charge is 2.54. The van der Waals surface area contributed by atoms with Gasteiger partial charge in [-0.3, -0.25) is 4.79 Å². The molecule has 0 bridgehead atoms. The van der Waals surface area contributed by atoms with Crippen LogP contribution in [-0.4, -0.2) is 45.8 Å². The summed E-state index contributed by atoms with van der Waals surface area (Å²) >= 11 is 0. The number of para-hydroxylation sites is 2. The van der Waals surface area contributed by atoms with Gasteiger partial charge in [0.1, 0.15) is 5.52 Å². The molecule has 1 saturated heterocycles. The summed E-state index contributed by atoms with van der Waals surface area (Å²) in [5.74, 6) is -0.199. The van der Waals surface area contributed by atoms with Crippen LogP contribution in [0.4, 0.5) is 13.2 Å². The SMILES string of the molecule is O=C(/C=C/c1nc2ccccc2o1)N1CCC(O)(C(F)(F)F)CC1. The van der Waals surface area contributed by atoms with E-state index in [4.69, 9.17) is 4.42 Å². The quantitative estimate of drug-likeness (QED) is 0.854. The van der Waals surface area contributed by atoms with Crippen molar-refractivity contribution in [3.63, 3.8) is 0 Å². The number of benzene rings is 1. The highest BCUT2D eigenvalue weighted by molar-refractivity contribution is 5.91. The molecule has 1 aromatic heterocycles. The zero-order valence-electron chi connectivity index (χ0n) is 12.6. The molecule has 0 saturated carbocycles. The fourth-order valence-corrected chi connectivity index (χ4v) is 2.59. The summed E-state index contributed by atoms with van der Waals surface area (Å²) in [6.45, 7) is -0.320. The number of carbonyl (C=O) groups excluding carboxylic acids is 1. The highest BCUT2D eigenvalue weighted by Crippen LogP contribution is 2.38. The molecule has 128 valence electrons. The molecule has 1 amide bonds. The van der Waals surface area contributed by atoms with Crippen LogP contribution in [0.25, 0.3) is 17.2 Å². The van der Waals surface area contributed by atoms with Gasteiger partial charge in [0, 0.05) is 38.1 Å². The molecule has 0 aliphatic carbocycles. The van der Waals surface area contributed by atoms with E-state index in [1.165, 1.54) is 17.1 Å². The second-order valence-corrected chi connectivity index (χ2v) is 5.71. The molecule has 1 N–H and O–H groups in total. The summed E-state index contributed by atoms with van der Waals surface area (Å²) < 4.78 is 43.6. The average Bonchev–Trinajstić information content (AvgIpc) is 2.95. The summed E-state index contributed by atoms with van der Waals surface area (Å²) in [6.07, 6.45) is -3.15. The average molecular weight is 340 g/mol. The number of hydrogen-bond acceptors (Lipinski definition) is 4. The summed E-state index contributed by atoms with van der Waals surface area (Å²) in [5.41, 5.74) is -1.48. The predicted octanol–water partition coefficient (Wildman–Crippen LogP) is 2.76. The lowest BCUT2D eigenvalue weighted by molar-refractivity contribution is -0.271. The Labute approximate surface area is 135 Å². The first-order chi connectivity index (χ1) is 11.3. The van der Waals surface area contributed by atoms with Gasteiger partial charge in [0.15, 0.2) is 11.2 Å². The van der Waals surface area contributed by atoms with Crippen LogP contribution in [0, 0.1) is 0 Å². The van der Waals surface area contributed by atoms with Crippen molar-refractivity contribution in [1.82, 2.24) is 9.88 Å². The van der Waals surface area contributed by atoms with Gasteiger partial charge in [-0.25, -0.2) is 4.98 Å². The van der Waals surface area contributed by atoms with Crippen LogP contribution in [0.3, 0.4) is 0 Å². The summed E-state index contributed by atoms with van der Waals surface area (Å²) in [7, 11) is 0. The molecule has 2 aromatic rings. The number of aliphatic hydroxyl groups is 1. The van der Waals surface area contributed by atoms with Gasteiger partial charge < -0.3 is 14.4 Å². The summed E-state index contributed by atoms with van der Waals surface area (Å²) in [4.78, 5) is 17.5. The summed E-state index contributed by atoms with van der Waals surface area (Å²) in [6, 6.07) is 7.10. The Kier molecular flexibility index (Phi) is 4.08. The van der Waals surface area contributed by atoms with Gasteiger partial charge in [-0.2, -0.15) is 13.2 Å². The van der Waals surface area contributed by atoms with E-state index in [0.29, 0.717) is 11.1 Å². The van der Waals surface area contributed by atoms with Crippen molar-refractivity contribution >= 4 is 23.1 Å². The zero-order chi connectivity index (χ0) is 17.4. The number of carbonyl (C=O) groups is 1. The van der Waals surface area contributed by atoms with Gasteiger partial charge in [0.05, 0.1) is 0 Å². The molecular formula is C16H15F3N2O3. The van der Waals surface area contributed by atoms with Gasteiger partial charge in [-0.05, 0) is 12.1 Å². The van der Waals surface area contributed by atoms with Crippen molar-refractivity contribution < 1.29 is 27.5 Å². The van der Waals surface area contributed by atoms with E-state index in [1.807, 2.05) is 0 Å². The molecule has 5 nitrogen and oxygen atoms in total.